The molecule has 1 aliphatic rings. The van der Waals surface area contributed by atoms with Gasteiger partial charge in [0.15, 0.2) is 5.75 Å². The molecule has 0 unspecified atom stereocenters. The van der Waals surface area contributed by atoms with Crippen LogP contribution < -0.4 is 10.1 Å². The Morgan fingerprint density at radius 1 is 1.00 bits per heavy atom. The fourth-order valence-corrected chi connectivity index (χ4v) is 4.29. The summed E-state index contributed by atoms with van der Waals surface area (Å²) in [4.78, 5) is 26.3. The Morgan fingerprint density at radius 3 is 2.36 bits per heavy atom. The van der Waals surface area contributed by atoms with Gasteiger partial charge >= 0.3 is 6.03 Å². The molecule has 3 aromatic carbocycles. The van der Waals surface area contributed by atoms with Crippen LogP contribution in [0, 0.1) is 6.92 Å². The molecule has 3 amide bonds. The molecule has 1 saturated heterocycles. The molecule has 0 spiro atoms. The number of carbonyl (C=O) groups excluding carboxylic acids is 2. The lowest BCUT2D eigenvalue weighted by Crippen LogP contribution is -2.30. The average molecular weight is 546 g/mol. The summed E-state index contributed by atoms with van der Waals surface area (Å²) in [6.07, 6.45) is 1.55. The summed E-state index contributed by atoms with van der Waals surface area (Å²) in [5.74, 6) is -0.0597. The molecule has 8 heteroatoms. The predicted octanol–water partition coefficient (Wildman–Crippen LogP) is 6.74. The molecule has 168 valence electrons. The summed E-state index contributed by atoms with van der Waals surface area (Å²) < 4.78 is 6.75. The van der Waals surface area contributed by atoms with E-state index in [-0.39, 0.29) is 12.2 Å². The van der Waals surface area contributed by atoms with Gasteiger partial charge in [-0.15, -0.1) is 0 Å². The molecule has 3 aromatic rings. The Bertz CT molecular complexity index is 1240. The minimum atomic E-state index is -0.482. The first kappa shape index (κ1) is 23.4. The molecule has 1 heterocycles. The Labute approximate surface area is 210 Å². The lowest BCUT2D eigenvalue weighted by atomic mass is 10.1. The van der Waals surface area contributed by atoms with Crippen LogP contribution in [0.25, 0.3) is 6.08 Å². The van der Waals surface area contributed by atoms with E-state index in [4.69, 9.17) is 27.9 Å². The number of halogens is 3. The summed E-state index contributed by atoms with van der Waals surface area (Å²) in [6, 6.07) is 18.2. The van der Waals surface area contributed by atoms with Gasteiger partial charge < -0.3 is 10.1 Å². The van der Waals surface area contributed by atoms with Crippen LogP contribution in [0.1, 0.15) is 22.3 Å². The molecule has 0 aliphatic carbocycles. The van der Waals surface area contributed by atoms with Crippen LogP contribution in [-0.4, -0.2) is 16.8 Å². The molecule has 0 aromatic heterocycles. The quantitative estimate of drug-likeness (QED) is 0.276. The zero-order chi connectivity index (χ0) is 23.5. The van der Waals surface area contributed by atoms with E-state index in [9.17, 15) is 9.59 Å². The second-order valence-corrected chi connectivity index (χ2v) is 9.33. The summed E-state index contributed by atoms with van der Waals surface area (Å²) in [5, 5.41) is 3.23. The van der Waals surface area contributed by atoms with Crippen molar-refractivity contribution in [2.45, 2.75) is 20.1 Å². The van der Waals surface area contributed by atoms with Crippen molar-refractivity contribution in [1.82, 2.24) is 10.2 Å². The van der Waals surface area contributed by atoms with E-state index >= 15 is 0 Å². The first-order valence-electron chi connectivity index (χ1n) is 10.1. The number of amides is 3. The minimum absolute atomic E-state index is 0.151. The zero-order valence-corrected chi connectivity index (χ0v) is 20.7. The number of hydrogen-bond donors (Lipinski definition) is 1. The second kappa shape index (κ2) is 10.00. The van der Waals surface area contributed by atoms with E-state index in [1.165, 1.54) is 0 Å². The maximum Gasteiger partial charge on any atom is 0.329 e. The SMILES string of the molecule is Cc1cccc(COc2c(Cl)cc(/C=C3/NC(=O)N(Cc4ccc(Br)cc4)C3=O)cc2Cl)c1. The summed E-state index contributed by atoms with van der Waals surface area (Å²) in [5.41, 5.74) is 3.69. The topological polar surface area (TPSA) is 58.6 Å². The van der Waals surface area contributed by atoms with E-state index in [2.05, 4.69) is 21.2 Å². The molecule has 1 fully saturated rings. The van der Waals surface area contributed by atoms with Crippen molar-refractivity contribution < 1.29 is 14.3 Å². The summed E-state index contributed by atoms with van der Waals surface area (Å²) in [7, 11) is 0. The van der Waals surface area contributed by atoms with Crippen molar-refractivity contribution in [3.8, 4) is 5.75 Å². The van der Waals surface area contributed by atoms with Crippen LogP contribution >= 0.6 is 39.1 Å². The standard InChI is InChI=1S/C25H19BrCl2N2O3/c1-15-3-2-4-17(9-15)14-33-23-20(27)10-18(11-21(23)28)12-22-24(31)30(25(32)29-22)13-16-5-7-19(26)8-6-16/h2-12H,13-14H2,1H3,(H,29,32)/b22-12+. The average Bonchev–Trinajstić information content (AvgIpc) is 3.02. The van der Waals surface area contributed by atoms with Crippen molar-refractivity contribution in [3.63, 3.8) is 0 Å². The fraction of sp³-hybridized carbons (Fsp3) is 0.120. The van der Waals surface area contributed by atoms with Crippen LogP contribution in [0.3, 0.4) is 0 Å². The van der Waals surface area contributed by atoms with Gasteiger partial charge in [0.2, 0.25) is 0 Å². The van der Waals surface area contributed by atoms with E-state index in [0.717, 1.165) is 26.1 Å². The number of urea groups is 1. The van der Waals surface area contributed by atoms with Crippen LogP contribution in [0.4, 0.5) is 4.79 Å². The van der Waals surface area contributed by atoms with Crippen LogP contribution in [0.2, 0.25) is 10.0 Å². The van der Waals surface area contributed by atoms with Gasteiger partial charge in [-0.25, -0.2) is 4.79 Å². The lowest BCUT2D eigenvalue weighted by molar-refractivity contribution is -0.123. The van der Waals surface area contributed by atoms with Crippen molar-refractivity contribution >= 4 is 57.1 Å². The monoisotopic (exact) mass is 544 g/mol. The third-order valence-corrected chi connectivity index (χ3v) is 6.10. The number of hydrogen-bond acceptors (Lipinski definition) is 3. The van der Waals surface area contributed by atoms with Gasteiger partial charge in [0, 0.05) is 4.47 Å². The number of nitrogens with one attached hydrogen (secondary N) is 1. The van der Waals surface area contributed by atoms with Gasteiger partial charge in [-0.05, 0) is 54.0 Å². The molecule has 5 nitrogen and oxygen atoms in total. The highest BCUT2D eigenvalue weighted by atomic mass is 79.9. The molecular weight excluding hydrogens is 527 g/mol. The Morgan fingerprint density at radius 2 is 1.70 bits per heavy atom. The van der Waals surface area contributed by atoms with Crippen molar-refractivity contribution in [3.05, 3.63) is 103 Å². The van der Waals surface area contributed by atoms with Crippen LogP contribution in [0.15, 0.2) is 70.8 Å². The van der Waals surface area contributed by atoms with Crippen molar-refractivity contribution in [2.24, 2.45) is 0 Å². The van der Waals surface area contributed by atoms with Gasteiger partial charge in [0.1, 0.15) is 12.3 Å². The molecule has 0 bridgehead atoms. The van der Waals surface area contributed by atoms with Gasteiger partial charge in [-0.3, -0.25) is 9.69 Å². The first-order valence-corrected chi connectivity index (χ1v) is 11.6. The summed E-state index contributed by atoms with van der Waals surface area (Å²) in [6.45, 7) is 2.50. The molecular formula is C25H19BrCl2N2O3. The second-order valence-electron chi connectivity index (χ2n) is 7.60. The molecule has 0 radical (unpaired) electrons. The molecule has 1 N–H and O–H groups in total. The fourth-order valence-electron chi connectivity index (χ4n) is 3.41. The Hall–Kier alpha value is -2.80. The maximum absolute atomic E-state index is 12.8. The normalized spacial score (nSPS) is 14.7. The highest BCUT2D eigenvalue weighted by Crippen LogP contribution is 2.35. The minimum Gasteiger partial charge on any atom is -0.486 e. The lowest BCUT2D eigenvalue weighted by Gasteiger charge is -2.12. The third-order valence-electron chi connectivity index (χ3n) is 5.01. The van der Waals surface area contributed by atoms with Crippen LogP contribution in [0.5, 0.6) is 5.75 Å². The van der Waals surface area contributed by atoms with E-state index in [1.807, 2.05) is 55.5 Å². The molecule has 0 atom stereocenters. The van der Waals surface area contributed by atoms with Gasteiger partial charge in [0.25, 0.3) is 5.91 Å². The molecule has 4 rings (SSSR count). The number of carbonyl (C=O) groups is 2. The van der Waals surface area contributed by atoms with Gasteiger partial charge in [-0.1, -0.05) is 81.1 Å². The number of aryl methyl sites for hydroxylation is 1. The number of imide groups is 1. The number of rotatable bonds is 6. The smallest absolute Gasteiger partial charge is 0.329 e. The van der Waals surface area contributed by atoms with Gasteiger partial charge in [-0.2, -0.15) is 0 Å². The molecule has 33 heavy (non-hydrogen) atoms. The van der Waals surface area contributed by atoms with Crippen molar-refractivity contribution in [2.75, 3.05) is 0 Å². The summed E-state index contributed by atoms with van der Waals surface area (Å²) >= 11 is 16.2. The maximum atomic E-state index is 12.8. The van der Waals surface area contributed by atoms with E-state index < -0.39 is 11.9 Å². The third kappa shape index (κ3) is 5.58. The first-order chi connectivity index (χ1) is 15.8. The van der Waals surface area contributed by atoms with Crippen molar-refractivity contribution in [1.29, 1.82) is 0 Å². The number of ether oxygens (including phenoxy) is 1. The Kier molecular flexibility index (Phi) is 7.08. The van der Waals surface area contributed by atoms with Crippen LogP contribution in [-0.2, 0) is 17.9 Å². The highest BCUT2D eigenvalue weighted by Gasteiger charge is 2.33. The molecule has 0 saturated carbocycles. The largest absolute Gasteiger partial charge is 0.486 e. The highest BCUT2D eigenvalue weighted by molar-refractivity contribution is 9.10. The Balaban J connectivity index is 1.49. The van der Waals surface area contributed by atoms with Gasteiger partial charge in [0.05, 0.1) is 16.6 Å². The number of benzene rings is 3. The molecule has 1 aliphatic heterocycles. The number of nitrogens with zero attached hydrogens (tertiary/aromatic N) is 1. The van der Waals surface area contributed by atoms with E-state index in [0.29, 0.717) is 28.0 Å². The zero-order valence-electron chi connectivity index (χ0n) is 17.6. The van der Waals surface area contributed by atoms with E-state index in [1.54, 1.807) is 18.2 Å². The predicted molar refractivity (Wildman–Crippen MR) is 133 cm³/mol.